The highest BCUT2D eigenvalue weighted by Gasteiger charge is 2.17. The molecule has 3 nitrogen and oxygen atoms in total. The molecule has 1 aromatic rings. The van der Waals surface area contributed by atoms with Crippen LogP contribution in [0.3, 0.4) is 0 Å². The van der Waals surface area contributed by atoms with E-state index in [2.05, 4.69) is 11.4 Å². The zero-order chi connectivity index (χ0) is 9.26. The monoisotopic (exact) mass is 193 g/mol. The molecule has 0 saturated heterocycles. The molecule has 1 aromatic heterocycles. The summed E-state index contributed by atoms with van der Waals surface area (Å²) in [5.41, 5.74) is 7.37. The Morgan fingerprint density at radius 2 is 2.31 bits per heavy atom. The highest BCUT2D eigenvalue weighted by molar-refractivity contribution is 7.16. The Balaban J connectivity index is 2.48. The number of rotatable bonds is 0. The summed E-state index contributed by atoms with van der Waals surface area (Å²) in [5, 5.41) is 12.8. The standard InChI is InChI=1S/C9H11N3S/c10-5-6-8-7(13-9(6)11)3-1-2-4-12-8/h12H,1-4,11H2. The van der Waals surface area contributed by atoms with Crippen LogP contribution in [-0.2, 0) is 6.42 Å². The molecular weight excluding hydrogens is 182 g/mol. The average Bonchev–Trinajstić information content (AvgIpc) is 2.32. The lowest BCUT2D eigenvalue weighted by Crippen LogP contribution is -2.00. The zero-order valence-electron chi connectivity index (χ0n) is 7.26. The van der Waals surface area contributed by atoms with Crippen molar-refractivity contribution in [3.05, 3.63) is 10.4 Å². The molecule has 0 amide bonds. The number of nitrogens with zero attached hydrogens (tertiary/aromatic N) is 1. The normalized spacial score (nSPS) is 15.3. The summed E-state index contributed by atoms with van der Waals surface area (Å²) in [4.78, 5) is 1.24. The Hall–Kier alpha value is -1.21. The van der Waals surface area contributed by atoms with Gasteiger partial charge in [-0.1, -0.05) is 0 Å². The number of nitriles is 1. The van der Waals surface area contributed by atoms with Crippen molar-refractivity contribution in [2.75, 3.05) is 17.6 Å². The van der Waals surface area contributed by atoms with E-state index in [4.69, 9.17) is 11.0 Å². The molecule has 4 heteroatoms. The molecule has 0 atom stereocenters. The van der Waals surface area contributed by atoms with Crippen molar-refractivity contribution in [2.45, 2.75) is 19.3 Å². The predicted molar refractivity (Wildman–Crippen MR) is 54.9 cm³/mol. The SMILES string of the molecule is N#Cc1c(N)sc2c1NCCCC2. The van der Waals surface area contributed by atoms with Crippen LogP contribution in [0.4, 0.5) is 10.7 Å². The molecule has 1 aliphatic heterocycles. The number of nitrogens with one attached hydrogen (secondary N) is 1. The first-order valence-electron chi connectivity index (χ1n) is 4.38. The smallest absolute Gasteiger partial charge is 0.110 e. The molecule has 2 rings (SSSR count). The van der Waals surface area contributed by atoms with Crippen LogP contribution in [0, 0.1) is 11.3 Å². The maximum absolute atomic E-state index is 8.89. The first-order valence-corrected chi connectivity index (χ1v) is 5.19. The molecule has 0 spiro atoms. The van der Waals surface area contributed by atoms with E-state index in [9.17, 15) is 0 Å². The van der Waals surface area contributed by atoms with Crippen molar-refractivity contribution in [2.24, 2.45) is 0 Å². The van der Waals surface area contributed by atoms with Gasteiger partial charge >= 0.3 is 0 Å². The lowest BCUT2D eigenvalue weighted by Gasteiger charge is -2.00. The van der Waals surface area contributed by atoms with Gasteiger partial charge in [-0.3, -0.25) is 0 Å². The van der Waals surface area contributed by atoms with Crippen molar-refractivity contribution in [3.8, 4) is 6.07 Å². The highest BCUT2D eigenvalue weighted by Crippen LogP contribution is 2.37. The van der Waals surface area contributed by atoms with Crippen LogP contribution < -0.4 is 11.1 Å². The third kappa shape index (κ3) is 1.36. The minimum atomic E-state index is 0.641. The molecule has 0 fully saturated rings. The third-order valence-electron chi connectivity index (χ3n) is 2.25. The number of hydrogen-bond donors (Lipinski definition) is 2. The lowest BCUT2D eigenvalue weighted by molar-refractivity contribution is 0.790. The molecule has 0 radical (unpaired) electrons. The summed E-state index contributed by atoms with van der Waals surface area (Å²) in [7, 11) is 0. The fourth-order valence-corrected chi connectivity index (χ4v) is 2.63. The fraction of sp³-hybridized carbons (Fsp3) is 0.444. The number of hydrogen-bond acceptors (Lipinski definition) is 4. The molecular formula is C9H11N3S. The van der Waals surface area contributed by atoms with Gasteiger partial charge in [0.15, 0.2) is 0 Å². The van der Waals surface area contributed by atoms with Gasteiger partial charge in [0.25, 0.3) is 0 Å². The van der Waals surface area contributed by atoms with Crippen LogP contribution in [0.25, 0.3) is 0 Å². The van der Waals surface area contributed by atoms with Gasteiger partial charge in [-0.25, -0.2) is 0 Å². The summed E-state index contributed by atoms with van der Waals surface area (Å²) in [5.74, 6) is 0. The minimum absolute atomic E-state index is 0.641. The molecule has 0 saturated carbocycles. The molecule has 0 bridgehead atoms. The summed E-state index contributed by atoms with van der Waals surface area (Å²) >= 11 is 1.55. The van der Waals surface area contributed by atoms with E-state index >= 15 is 0 Å². The van der Waals surface area contributed by atoms with Crippen molar-refractivity contribution < 1.29 is 0 Å². The number of nitrogens with two attached hydrogens (primary N) is 1. The van der Waals surface area contributed by atoms with Gasteiger partial charge in [0, 0.05) is 11.4 Å². The van der Waals surface area contributed by atoms with E-state index in [1.54, 1.807) is 11.3 Å². The van der Waals surface area contributed by atoms with Gasteiger partial charge in [0.2, 0.25) is 0 Å². The number of aryl methyl sites for hydroxylation is 1. The van der Waals surface area contributed by atoms with E-state index in [0.29, 0.717) is 10.6 Å². The van der Waals surface area contributed by atoms with Gasteiger partial charge in [-0.15, -0.1) is 11.3 Å². The van der Waals surface area contributed by atoms with E-state index in [0.717, 1.165) is 18.7 Å². The quantitative estimate of drug-likeness (QED) is 0.662. The second-order valence-corrected chi connectivity index (χ2v) is 4.27. The number of anilines is 2. The molecule has 3 N–H and O–H groups in total. The van der Waals surface area contributed by atoms with Crippen LogP contribution in [0.2, 0.25) is 0 Å². The van der Waals surface area contributed by atoms with Crippen molar-refractivity contribution in [1.29, 1.82) is 5.26 Å². The Kier molecular flexibility index (Phi) is 2.11. The van der Waals surface area contributed by atoms with Crippen molar-refractivity contribution >= 4 is 22.0 Å². The Morgan fingerprint density at radius 1 is 1.46 bits per heavy atom. The Labute approximate surface area is 81.2 Å². The molecule has 13 heavy (non-hydrogen) atoms. The van der Waals surface area contributed by atoms with Gasteiger partial charge < -0.3 is 11.1 Å². The van der Waals surface area contributed by atoms with Crippen LogP contribution in [0.5, 0.6) is 0 Å². The van der Waals surface area contributed by atoms with Gasteiger partial charge in [-0.2, -0.15) is 5.26 Å². The van der Waals surface area contributed by atoms with Crippen LogP contribution >= 0.6 is 11.3 Å². The van der Waals surface area contributed by atoms with E-state index in [1.807, 2.05) is 0 Å². The summed E-state index contributed by atoms with van der Waals surface area (Å²) in [6.45, 7) is 0.956. The summed E-state index contributed by atoms with van der Waals surface area (Å²) in [6.07, 6.45) is 3.41. The Morgan fingerprint density at radius 3 is 3.08 bits per heavy atom. The predicted octanol–water partition coefficient (Wildman–Crippen LogP) is 1.95. The largest absolute Gasteiger partial charge is 0.389 e. The average molecular weight is 193 g/mol. The van der Waals surface area contributed by atoms with Gasteiger partial charge in [-0.05, 0) is 19.3 Å². The van der Waals surface area contributed by atoms with Crippen LogP contribution in [0.15, 0.2) is 0 Å². The molecule has 0 unspecified atom stereocenters. The highest BCUT2D eigenvalue weighted by atomic mass is 32.1. The zero-order valence-corrected chi connectivity index (χ0v) is 8.08. The molecule has 68 valence electrons. The fourth-order valence-electron chi connectivity index (χ4n) is 1.60. The lowest BCUT2D eigenvalue weighted by atomic mass is 10.2. The summed E-state index contributed by atoms with van der Waals surface area (Å²) < 4.78 is 0. The summed E-state index contributed by atoms with van der Waals surface area (Å²) in [6, 6.07) is 2.15. The second-order valence-electron chi connectivity index (χ2n) is 3.14. The maximum Gasteiger partial charge on any atom is 0.110 e. The topological polar surface area (TPSA) is 61.8 Å². The second kappa shape index (κ2) is 3.27. The van der Waals surface area contributed by atoms with Gasteiger partial charge in [0.05, 0.1) is 5.69 Å². The van der Waals surface area contributed by atoms with Crippen molar-refractivity contribution in [3.63, 3.8) is 0 Å². The maximum atomic E-state index is 8.89. The molecule has 0 aromatic carbocycles. The molecule has 1 aliphatic rings. The van der Waals surface area contributed by atoms with Gasteiger partial charge in [0.1, 0.15) is 16.6 Å². The first-order chi connectivity index (χ1) is 6.33. The number of thiophene rings is 1. The van der Waals surface area contributed by atoms with E-state index in [1.165, 1.54) is 17.7 Å². The van der Waals surface area contributed by atoms with E-state index in [-0.39, 0.29) is 0 Å². The van der Waals surface area contributed by atoms with Crippen LogP contribution in [0.1, 0.15) is 23.3 Å². The van der Waals surface area contributed by atoms with Crippen molar-refractivity contribution in [1.82, 2.24) is 0 Å². The first kappa shape index (κ1) is 8.39. The number of nitrogen functional groups attached to an aromatic ring is 1. The van der Waals surface area contributed by atoms with Crippen LogP contribution in [-0.4, -0.2) is 6.54 Å². The Bertz CT molecular complexity index is 362. The number of fused-ring (bicyclic) bond motifs is 1. The molecule has 0 aliphatic carbocycles. The van der Waals surface area contributed by atoms with E-state index < -0.39 is 0 Å². The minimum Gasteiger partial charge on any atom is -0.389 e. The molecule has 2 heterocycles. The third-order valence-corrected chi connectivity index (χ3v) is 3.33.